The van der Waals surface area contributed by atoms with Crippen LogP contribution in [0.4, 0.5) is 0 Å². The molecule has 3 heterocycles. The first kappa shape index (κ1) is 16.0. The summed E-state index contributed by atoms with van der Waals surface area (Å²) in [5, 5.41) is 4.88. The average molecular weight is 337 g/mol. The highest BCUT2D eigenvalue weighted by Gasteiger charge is 2.19. The molecular weight excluding hydrogens is 314 g/mol. The van der Waals surface area contributed by atoms with Crippen molar-refractivity contribution in [3.63, 3.8) is 0 Å². The molecular formula is C19H23N5O. The summed E-state index contributed by atoms with van der Waals surface area (Å²) in [5.74, 6) is 0.782. The van der Waals surface area contributed by atoms with Gasteiger partial charge in [-0.05, 0) is 43.8 Å². The molecule has 1 saturated heterocycles. The van der Waals surface area contributed by atoms with E-state index in [0.29, 0.717) is 11.0 Å². The Morgan fingerprint density at radius 2 is 1.92 bits per heavy atom. The maximum absolute atomic E-state index is 11.7. The number of rotatable bonds is 5. The van der Waals surface area contributed by atoms with Crippen molar-refractivity contribution in [1.82, 2.24) is 24.6 Å². The Hall–Kier alpha value is -2.47. The van der Waals surface area contributed by atoms with Gasteiger partial charge in [-0.2, -0.15) is 5.10 Å². The van der Waals surface area contributed by atoms with E-state index < -0.39 is 0 Å². The first-order valence-electron chi connectivity index (χ1n) is 8.95. The van der Waals surface area contributed by atoms with Crippen LogP contribution in [0.25, 0.3) is 11.0 Å². The maximum Gasteiger partial charge on any atom is 0.261 e. The smallest absolute Gasteiger partial charge is 0.261 e. The minimum Gasteiger partial charge on any atom is -0.312 e. The molecule has 1 aromatic carbocycles. The van der Waals surface area contributed by atoms with Crippen molar-refractivity contribution in [2.75, 3.05) is 19.6 Å². The van der Waals surface area contributed by atoms with Crippen LogP contribution >= 0.6 is 0 Å². The number of benzene rings is 1. The molecule has 0 radical (unpaired) electrons. The fraction of sp³-hybridized carbons (Fsp3) is 0.421. The van der Waals surface area contributed by atoms with Crippen molar-refractivity contribution in [1.29, 1.82) is 0 Å². The van der Waals surface area contributed by atoms with Crippen LogP contribution in [0.15, 0.2) is 47.7 Å². The maximum atomic E-state index is 11.7. The molecule has 4 rings (SSSR count). The van der Waals surface area contributed by atoms with Gasteiger partial charge in [-0.15, -0.1) is 0 Å². The van der Waals surface area contributed by atoms with E-state index in [2.05, 4.69) is 50.3 Å². The second kappa shape index (κ2) is 7.19. The van der Waals surface area contributed by atoms with Gasteiger partial charge in [0.15, 0.2) is 5.65 Å². The summed E-state index contributed by atoms with van der Waals surface area (Å²) in [4.78, 5) is 21.1. The van der Waals surface area contributed by atoms with E-state index >= 15 is 0 Å². The molecule has 6 nitrogen and oxygen atoms in total. The number of piperidine rings is 1. The molecule has 0 atom stereocenters. The number of aromatic amines is 1. The van der Waals surface area contributed by atoms with Crippen molar-refractivity contribution < 1.29 is 0 Å². The van der Waals surface area contributed by atoms with Gasteiger partial charge in [0.1, 0.15) is 5.39 Å². The molecule has 1 fully saturated rings. The first-order valence-corrected chi connectivity index (χ1v) is 8.95. The Balaban J connectivity index is 1.30. The molecule has 0 bridgehead atoms. The Kier molecular flexibility index (Phi) is 4.61. The van der Waals surface area contributed by atoms with Crippen LogP contribution in [0.3, 0.4) is 0 Å². The molecule has 0 aliphatic carbocycles. The lowest BCUT2D eigenvalue weighted by atomic mass is 9.90. The standard InChI is InChI=1S/C19H23N5O/c25-19-17-13-22-24(18(17)20-14-21-19)11-10-23-8-6-16(7-9-23)12-15-4-2-1-3-5-15/h1-5,13-14,16H,6-12H2,(H,20,21,25). The average Bonchev–Trinajstić information content (AvgIpc) is 3.07. The third-order valence-electron chi connectivity index (χ3n) is 5.14. The third-order valence-corrected chi connectivity index (χ3v) is 5.14. The van der Waals surface area contributed by atoms with Crippen LogP contribution < -0.4 is 5.56 Å². The van der Waals surface area contributed by atoms with Gasteiger partial charge in [0.05, 0.1) is 19.1 Å². The summed E-state index contributed by atoms with van der Waals surface area (Å²) in [6.07, 6.45) is 6.72. The number of hydrogen-bond acceptors (Lipinski definition) is 4. The van der Waals surface area contributed by atoms with Crippen molar-refractivity contribution in [2.45, 2.75) is 25.8 Å². The number of nitrogens with one attached hydrogen (secondary N) is 1. The fourth-order valence-electron chi connectivity index (χ4n) is 3.67. The second-order valence-corrected chi connectivity index (χ2v) is 6.81. The zero-order valence-corrected chi connectivity index (χ0v) is 14.3. The molecule has 1 aliphatic rings. The summed E-state index contributed by atoms with van der Waals surface area (Å²) >= 11 is 0. The zero-order valence-electron chi connectivity index (χ0n) is 14.3. The monoisotopic (exact) mass is 337 g/mol. The van der Waals surface area contributed by atoms with Gasteiger partial charge in [-0.1, -0.05) is 30.3 Å². The molecule has 2 aromatic heterocycles. The normalized spacial score (nSPS) is 16.5. The molecule has 130 valence electrons. The minimum absolute atomic E-state index is 0.127. The first-order chi connectivity index (χ1) is 12.3. The SMILES string of the molecule is O=c1[nH]cnc2c1cnn2CCN1CCC(Cc2ccccc2)CC1. The Bertz CT molecular complexity index is 877. The summed E-state index contributed by atoms with van der Waals surface area (Å²) in [6.45, 7) is 3.97. The Morgan fingerprint density at radius 1 is 1.12 bits per heavy atom. The van der Waals surface area contributed by atoms with Crippen molar-refractivity contribution in [2.24, 2.45) is 5.92 Å². The quantitative estimate of drug-likeness (QED) is 0.774. The van der Waals surface area contributed by atoms with Crippen LogP contribution in [0.2, 0.25) is 0 Å². The number of likely N-dealkylation sites (tertiary alicyclic amines) is 1. The Labute approximate surface area is 146 Å². The van der Waals surface area contributed by atoms with Crippen LogP contribution in [0, 0.1) is 5.92 Å². The molecule has 1 aliphatic heterocycles. The number of aromatic nitrogens is 4. The molecule has 0 saturated carbocycles. The van der Waals surface area contributed by atoms with Gasteiger partial charge >= 0.3 is 0 Å². The topological polar surface area (TPSA) is 66.8 Å². The Morgan fingerprint density at radius 3 is 2.72 bits per heavy atom. The van der Waals surface area contributed by atoms with Crippen LogP contribution in [0.1, 0.15) is 18.4 Å². The molecule has 6 heteroatoms. The van der Waals surface area contributed by atoms with Crippen LogP contribution in [-0.2, 0) is 13.0 Å². The van der Waals surface area contributed by atoms with E-state index in [-0.39, 0.29) is 5.56 Å². The minimum atomic E-state index is -0.127. The molecule has 25 heavy (non-hydrogen) atoms. The number of hydrogen-bond donors (Lipinski definition) is 1. The lowest BCUT2D eigenvalue weighted by Crippen LogP contribution is -2.36. The highest BCUT2D eigenvalue weighted by molar-refractivity contribution is 5.72. The van der Waals surface area contributed by atoms with E-state index in [9.17, 15) is 4.79 Å². The van der Waals surface area contributed by atoms with Crippen molar-refractivity contribution >= 4 is 11.0 Å². The lowest BCUT2D eigenvalue weighted by Gasteiger charge is -2.32. The van der Waals surface area contributed by atoms with Crippen LogP contribution in [-0.4, -0.2) is 44.3 Å². The van der Waals surface area contributed by atoms with Gasteiger partial charge in [0, 0.05) is 6.54 Å². The van der Waals surface area contributed by atoms with Gasteiger partial charge in [0.2, 0.25) is 0 Å². The van der Waals surface area contributed by atoms with Crippen LogP contribution in [0.5, 0.6) is 0 Å². The zero-order chi connectivity index (χ0) is 17.1. The van der Waals surface area contributed by atoms with Crippen molar-refractivity contribution in [3.05, 3.63) is 58.8 Å². The number of fused-ring (bicyclic) bond motifs is 1. The third kappa shape index (κ3) is 3.64. The molecule has 1 N–H and O–H groups in total. The molecule has 3 aromatic rings. The summed E-state index contributed by atoms with van der Waals surface area (Å²) in [6, 6.07) is 10.8. The number of nitrogens with zero attached hydrogens (tertiary/aromatic N) is 4. The predicted molar refractivity (Wildman–Crippen MR) is 97.5 cm³/mol. The van der Waals surface area contributed by atoms with E-state index in [1.54, 1.807) is 6.20 Å². The second-order valence-electron chi connectivity index (χ2n) is 6.81. The summed E-state index contributed by atoms with van der Waals surface area (Å²) < 4.78 is 1.83. The highest BCUT2D eigenvalue weighted by atomic mass is 16.1. The van der Waals surface area contributed by atoms with Crippen molar-refractivity contribution in [3.8, 4) is 0 Å². The molecule has 0 amide bonds. The van der Waals surface area contributed by atoms with E-state index in [4.69, 9.17) is 0 Å². The predicted octanol–water partition coefficient (Wildman–Crippen LogP) is 2.07. The fourth-order valence-corrected chi connectivity index (χ4v) is 3.67. The van der Waals surface area contributed by atoms with Gasteiger partial charge in [0.25, 0.3) is 5.56 Å². The number of H-pyrrole nitrogens is 1. The van der Waals surface area contributed by atoms with Gasteiger partial charge < -0.3 is 9.88 Å². The van der Waals surface area contributed by atoms with E-state index in [1.807, 2.05) is 4.68 Å². The molecule has 0 spiro atoms. The summed E-state index contributed by atoms with van der Waals surface area (Å²) in [5.41, 5.74) is 1.99. The summed E-state index contributed by atoms with van der Waals surface area (Å²) in [7, 11) is 0. The lowest BCUT2D eigenvalue weighted by molar-refractivity contribution is 0.177. The van der Waals surface area contributed by atoms with E-state index in [0.717, 1.165) is 32.1 Å². The van der Waals surface area contributed by atoms with E-state index in [1.165, 1.54) is 31.2 Å². The highest BCUT2D eigenvalue weighted by Crippen LogP contribution is 2.21. The largest absolute Gasteiger partial charge is 0.312 e. The molecule has 0 unspecified atom stereocenters. The van der Waals surface area contributed by atoms with Gasteiger partial charge in [-0.25, -0.2) is 9.67 Å². The van der Waals surface area contributed by atoms with Gasteiger partial charge in [-0.3, -0.25) is 4.79 Å².